The predicted molar refractivity (Wildman–Crippen MR) is 113 cm³/mol. The molecule has 1 saturated heterocycles. The highest BCUT2D eigenvalue weighted by molar-refractivity contribution is 6.01. The SMILES string of the molecule is Cc1c(C#N)cccc1[C@@H](C)N=C1NNC(C)c2cnc(N3CCOCC3)cc21. The minimum atomic E-state index is -0.0890. The molecule has 2 aromatic rings. The Morgan fingerprint density at radius 1 is 1.34 bits per heavy atom. The maximum absolute atomic E-state index is 9.33. The first-order chi connectivity index (χ1) is 14.1. The number of benzene rings is 1. The fourth-order valence-electron chi connectivity index (χ4n) is 3.88. The second kappa shape index (κ2) is 8.19. The van der Waals surface area contributed by atoms with Gasteiger partial charge in [0.15, 0.2) is 0 Å². The quantitative estimate of drug-likeness (QED) is 0.838. The zero-order chi connectivity index (χ0) is 20.4. The third kappa shape index (κ3) is 3.82. The largest absolute Gasteiger partial charge is 0.378 e. The van der Waals surface area contributed by atoms with Crippen LogP contribution in [0.5, 0.6) is 0 Å². The van der Waals surface area contributed by atoms with Crippen LogP contribution in [0.25, 0.3) is 0 Å². The van der Waals surface area contributed by atoms with Gasteiger partial charge in [0.1, 0.15) is 11.7 Å². The van der Waals surface area contributed by atoms with Crippen LogP contribution < -0.4 is 15.8 Å². The molecule has 1 fully saturated rings. The normalized spacial score (nSPS) is 21.2. The van der Waals surface area contributed by atoms with E-state index in [0.29, 0.717) is 5.56 Å². The van der Waals surface area contributed by atoms with Crippen molar-refractivity contribution in [3.05, 3.63) is 58.3 Å². The molecule has 1 aromatic carbocycles. The molecule has 1 aromatic heterocycles. The molecule has 2 aliphatic rings. The molecule has 2 N–H and O–H groups in total. The van der Waals surface area contributed by atoms with Crippen molar-refractivity contribution >= 4 is 11.7 Å². The number of hydrogen-bond acceptors (Lipinski definition) is 6. The molecule has 7 nitrogen and oxygen atoms in total. The van der Waals surface area contributed by atoms with E-state index >= 15 is 0 Å². The highest BCUT2D eigenvalue weighted by Crippen LogP contribution is 2.28. The number of nitriles is 1. The second-order valence-corrected chi connectivity index (χ2v) is 7.51. The number of nitrogens with zero attached hydrogens (tertiary/aromatic N) is 4. The Morgan fingerprint density at radius 2 is 2.14 bits per heavy atom. The zero-order valence-corrected chi connectivity index (χ0v) is 17.1. The number of rotatable bonds is 3. The molecule has 0 amide bonds. The van der Waals surface area contributed by atoms with Crippen LogP contribution in [0.15, 0.2) is 35.5 Å². The number of fused-ring (bicyclic) bond motifs is 1. The first-order valence-electron chi connectivity index (χ1n) is 10.0. The van der Waals surface area contributed by atoms with Gasteiger partial charge in [-0.1, -0.05) is 12.1 Å². The molecule has 0 bridgehead atoms. The summed E-state index contributed by atoms with van der Waals surface area (Å²) in [6.07, 6.45) is 1.94. The first-order valence-corrected chi connectivity index (χ1v) is 10.0. The Balaban J connectivity index is 1.70. The zero-order valence-electron chi connectivity index (χ0n) is 17.1. The maximum Gasteiger partial charge on any atom is 0.143 e. The van der Waals surface area contributed by atoms with Gasteiger partial charge < -0.3 is 15.1 Å². The van der Waals surface area contributed by atoms with E-state index in [2.05, 4.69) is 46.7 Å². The van der Waals surface area contributed by atoms with E-state index in [4.69, 9.17) is 9.73 Å². The molecule has 3 heterocycles. The molecule has 7 heteroatoms. The molecule has 2 atom stereocenters. The van der Waals surface area contributed by atoms with Gasteiger partial charge in [0.2, 0.25) is 0 Å². The summed E-state index contributed by atoms with van der Waals surface area (Å²) in [6, 6.07) is 10.2. The summed E-state index contributed by atoms with van der Waals surface area (Å²) in [6.45, 7) is 9.27. The van der Waals surface area contributed by atoms with Gasteiger partial charge in [0.25, 0.3) is 0 Å². The Bertz CT molecular complexity index is 974. The highest BCUT2D eigenvalue weighted by Gasteiger charge is 2.24. The van der Waals surface area contributed by atoms with E-state index in [-0.39, 0.29) is 12.1 Å². The lowest BCUT2D eigenvalue weighted by atomic mass is 9.97. The Labute approximate surface area is 171 Å². The number of nitrogens with one attached hydrogen (secondary N) is 2. The van der Waals surface area contributed by atoms with Crippen molar-refractivity contribution in [1.29, 1.82) is 5.26 Å². The van der Waals surface area contributed by atoms with Gasteiger partial charge in [0.05, 0.1) is 36.9 Å². The van der Waals surface area contributed by atoms with Crippen LogP contribution in [0.2, 0.25) is 0 Å². The monoisotopic (exact) mass is 390 g/mol. The average Bonchev–Trinajstić information content (AvgIpc) is 2.76. The van der Waals surface area contributed by atoms with Gasteiger partial charge in [-0.3, -0.25) is 4.99 Å². The van der Waals surface area contributed by atoms with E-state index in [1.807, 2.05) is 31.3 Å². The molecule has 0 radical (unpaired) electrons. The number of pyridine rings is 1. The molecule has 150 valence electrons. The molecule has 0 aliphatic carbocycles. The van der Waals surface area contributed by atoms with Crippen LogP contribution in [-0.4, -0.2) is 37.1 Å². The minimum Gasteiger partial charge on any atom is -0.378 e. The van der Waals surface area contributed by atoms with Crippen molar-refractivity contribution in [3.63, 3.8) is 0 Å². The lowest BCUT2D eigenvalue weighted by Gasteiger charge is -2.31. The fraction of sp³-hybridized carbons (Fsp3) is 0.409. The Morgan fingerprint density at radius 3 is 2.90 bits per heavy atom. The standard InChI is InChI=1S/C22H26N6O/c1-14-17(12-23)5-4-6-18(14)15(2)25-22-19-11-21(28-7-9-29-10-8-28)24-13-20(19)16(3)26-27-22/h4-6,11,13,15-16,26H,7-10H2,1-3H3,(H,25,27)/t15-,16?/m1/s1. The van der Waals surface area contributed by atoms with Crippen molar-refractivity contribution in [2.75, 3.05) is 31.2 Å². The smallest absolute Gasteiger partial charge is 0.143 e. The third-order valence-electron chi connectivity index (χ3n) is 5.65. The molecule has 2 aliphatic heterocycles. The number of hydrogen-bond donors (Lipinski definition) is 2. The molecule has 0 spiro atoms. The summed E-state index contributed by atoms with van der Waals surface area (Å²) < 4.78 is 5.47. The van der Waals surface area contributed by atoms with Crippen molar-refractivity contribution in [2.24, 2.45) is 4.99 Å². The topological polar surface area (TPSA) is 85.6 Å². The number of amidine groups is 1. The summed E-state index contributed by atoms with van der Waals surface area (Å²) in [4.78, 5) is 11.9. The van der Waals surface area contributed by atoms with Gasteiger partial charge in [0, 0.05) is 30.4 Å². The van der Waals surface area contributed by atoms with Crippen molar-refractivity contribution in [3.8, 4) is 6.07 Å². The Kier molecular flexibility index (Phi) is 5.47. The summed E-state index contributed by atoms with van der Waals surface area (Å²) in [5.74, 6) is 1.75. The van der Waals surface area contributed by atoms with Gasteiger partial charge >= 0.3 is 0 Å². The number of hydrazine groups is 1. The van der Waals surface area contributed by atoms with Gasteiger partial charge in [-0.25, -0.2) is 10.4 Å². The summed E-state index contributed by atoms with van der Waals surface area (Å²) >= 11 is 0. The van der Waals surface area contributed by atoms with Crippen LogP contribution in [0.4, 0.5) is 5.82 Å². The molecule has 4 rings (SSSR count). The molecular formula is C22H26N6O. The van der Waals surface area contributed by atoms with E-state index in [1.54, 1.807) is 0 Å². The molecule has 0 saturated carbocycles. The van der Waals surface area contributed by atoms with Gasteiger partial charge in [-0.15, -0.1) is 0 Å². The van der Waals surface area contributed by atoms with E-state index in [1.165, 1.54) is 0 Å². The summed E-state index contributed by atoms with van der Waals surface area (Å²) in [5, 5.41) is 9.33. The minimum absolute atomic E-state index is 0.0890. The molecule has 1 unspecified atom stereocenters. The lowest BCUT2D eigenvalue weighted by molar-refractivity contribution is 0.122. The maximum atomic E-state index is 9.33. The van der Waals surface area contributed by atoms with Gasteiger partial charge in [-0.2, -0.15) is 5.26 Å². The summed E-state index contributed by atoms with van der Waals surface area (Å²) in [5.41, 5.74) is 11.5. The van der Waals surface area contributed by atoms with Crippen LogP contribution in [0, 0.1) is 18.3 Å². The van der Waals surface area contributed by atoms with E-state index < -0.39 is 0 Å². The van der Waals surface area contributed by atoms with E-state index in [0.717, 1.165) is 60.2 Å². The summed E-state index contributed by atoms with van der Waals surface area (Å²) in [7, 11) is 0. The van der Waals surface area contributed by atoms with Crippen LogP contribution in [-0.2, 0) is 4.74 Å². The highest BCUT2D eigenvalue weighted by atomic mass is 16.5. The van der Waals surface area contributed by atoms with Crippen molar-refractivity contribution in [1.82, 2.24) is 15.8 Å². The number of aliphatic imine (C=N–C) groups is 1. The first kappa shape index (κ1) is 19.4. The lowest BCUT2D eigenvalue weighted by Crippen LogP contribution is -2.45. The third-order valence-corrected chi connectivity index (χ3v) is 5.65. The number of ether oxygens (including phenoxy) is 1. The van der Waals surface area contributed by atoms with Crippen LogP contribution in [0.3, 0.4) is 0 Å². The van der Waals surface area contributed by atoms with Crippen LogP contribution in [0.1, 0.15) is 53.7 Å². The second-order valence-electron chi connectivity index (χ2n) is 7.51. The number of aromatic nitrogens is 1. The van der Waals surface area contributed by atoms with E-state index in [9.17, 15) is 5.26 Å². The van der Waals surface area contributed by atoms with Gasteiger partial charge in [-0.05, 0) is 44.0 Å². The van der Waals surface area contributed by atoms with Crippen molar-refractivity contribution in [2.45, 2.75) is 32.9 Å². The van der Waals surface area contributed by atoms with Crippen LogP contribution >= 0.6 is 0 Å². The number of anilines is 1. The number of morpholine rings is 1. The Hall–Kier alpha value is -2.95. The average molecular weight is 390 g/mol. The fourth-order valence-corrected chi connectivity index (χ4v) is 3.88. The van der Waals surface area contributed by atoms with Crippen molar-refractivity contribution < 1.29 is 4.74 Å². The molecule has 29 heavy (non-hydrogen) atoms. The predicted octanol–water partition coefficient (Wildman–Crippen LogP) is 2.77. The molecular weight excluding hydrogens is 364 g/mol.